The Balaban J connectivity index is 1.57. The molecule has 44 heavy (non-hydrogen) atoms. The van der Waals surface area contributed by atoms with E-state index in [2.05, 4.69) is 0 Å². The van der Waals surface area contributed by atoms with Crippen LogP contribution >= 0.6 is 58.6 Å². The van der Waals surface area contributed by atoms with Gasteiger partial charge in [0.15, 0.2) is 16.6 Å². The van der Waals surface area contributed by atoms with Crippen LogP contribution in [-0.4, -0.2) is 24.0 Å². The molecule has 1 fully saturated rings. The average Bonchev–Trinajstić information content (AvgIpc) is 2.99. The van der Waals surface area contributed by atoms with E-state index in [9.17, 15) is 9.59 Å². The molecule has 224 valence electrons. The molecule has 1 aliphatic rings. The molecule has 0 aromatic heterocycles. The van der Waals surface area contributed by atoms with Crippen molar-refractivity contribution in [2.45, 2.75) is 20.5 Å². The first-order valence-electron chi connectivity index (χ1n) is 13.2. The molecule has 1 aliphatic heterocycles. The zero-order valence-electron chi connectivity index (χ0n) is 23.7. The summed E-state index contributed by atoms with van der Waals surface area (Å²) in [5.41, 5.74) is 3.58. The zero-order chi connectivity index (χ0) is 31.7. The number of ether oxygens (including phenoxy) is 2. The summed E-state index contributed by atoms with van der Waals surface area (Å²) in [5.74, 6) is -0.644. The Morgan fingerprint density at radius 2 is 1.30 bits per heavy atom. The van der Waals surface area contributed by atoms with Gasteiger partial charge < -0.3 is 9.47 Å². The molecule has 6 nitrogen and oxygen atoms in total. The highest BCUT2D eigenvalue weighted by atomic mass is 35.5. The third-order valence-corrected chi connectivity index (χ3v) is 8.65. The van der Waals surface area contributed by atoms with Crippen molar-refractivity contribution in [2.75, 3.05) is 16.9 Å². The predicted molar refractivity (Wildman–Crippen MR) is 182 cm³/mol. The van der Waals surface area contributed by atoms with Crippen LogP contribution in [0.3, 0.4) is 0 Å². The summed E-state index contributed by atoms with van der Waals surface area (Å²) in [6.07, 6.45) is 1.44. The van der Waals surface area contributed by atoms with Crippen molar-refractivity contribution in [1.82, 2.24) is 0 Å². The molecule has 0 aliphatic carbocycles. The van der Waals surface area contributed by atoms with Crippen LogP contribution in [0.25, 0.3) is 6.08 Å². The summed E-state index contributed by atoms with van der Waals surface area (Å²) < 4.78 is 11.5. The molecular formula is C33H24Cl4N2O4S. The molecule has 1 saturated heterocycles. The monoisotopic (exact) mass is 684 g/mol. The second kappa shape index (κ2) is 13.2. The quantitative estimate of drug-likeness (QED) is 0.110. The highest BCUT2D eigenvalue weighted by molar-refractivity contribution is 7.81. The Morgan fingerprint density at radius 1 is 0.750 bits per heavy atom. The van der Waals surface area contributed by atoms with E-state index in [1.54, 1.807) is 60.7 Å². The van der Waals surface area contributed by atoms with Gasteiger partial charge in [0.25, 0.3) is 11.8 Å². The van der Waals surface area contributed by atoms with Crippen molar-refractivity contribution in [3.05, 3.63) is 121 Å². The number of rotatable bonds is 7. The van der Waals surface area contributed by atoms with Gasteiger partial charge in [0.2, 0.25) is 0 Å². The number of benzene rings is 4. The lowest BCUT2D eigenvalue weighted by molar-refractivity contribution is -0.120. The Labute approximate surface area is 280 Å². The van der Waals surface area contributed by atoms with Crippen LogP contribution in [0.5, 0.6) is 11.5 Å². The van der Waals surface area contributed by atoms with E-state index in [1.807, 2.05) is 26.0 Å². The van der Waals surface area contributed by atoms with E-state index >= 15 is 0 Å². The van der Waals surface area contributed by atoms with Crippen LogP contribution in [0.15, 0.2) is 78.4 Å². The van der Waals surface area contributed by atoms with Gasteiger partial charge in [0.05, 0.1) is 23.5 Å². The van der Waals surface area contributed by atoms with Crippen molar-refractivity contribution >= 4 is 93.0 Å². The topological polar surface area (TPSA) is 59.1 Å². The Kier molecular flexibility index (Phi) is 9.53. The van der Waals surface area contributed by atoms with Gasteiger partial charge in [0.1, 0.15) is 12.2 Å². The molecule has 2 amide bonds. The lowest BCUT2D eigenvalue weighted by atomic mass is 10.0. The van der Waals surface area contributed by atoms with Crippen LogP contribution in [0.2, 0.25) is 20.1 Å². The molecule has 0 unspecified atom stereocenters. The first kappa shape index (κ1) is 31.8. The number of halogens is 4. The van der Waals surface area contributed by atoms with E-state index in [4.69, 9.17) is 68.1 Å². The van der Waals surface area contributed by atoms with Gasteiger partial charge >= 0.3 is 0 Å². The van der Waals surface area contributed by atoms with Gasteiger partial charge in [-0.1, -0.05) is 70.7 Å². The molecule has 4 aromatic rings. The van der Waals surface area contributed by atoms with E-state index in [0.29, 0.717) is 43.5 Å². The van der Waals surface area contributed by atoms with Gasteiger partial charge in [-0.3, -0.25) is 19.4 Å². The number of nitrogens with zero attached hydrogens (tertiary/aromatic N) is 2. The third-order valence-electron chi connectivity index (χ3n) is 6.94. The number of anilines is 2. The molecule has 0 N–H and O–H groups in total. The fourth-order valence-electron chi connectivity index (χ4n) is 4.49. The second-order valence-corrected chi connectivity index (χ2v) is 12.0. The summed E-state index contributed by atoms with van der Waals surface area (Å²) in [5, 5.41) is 1.68. The van der Waals surface area contributed by atoms with Crippen LogP contribution in [0.4, 0.5) is 11.4 Å². The highest BCUT2D eigenvalue weighted by Gasteiger charge is 2.41. The molecule has 0 saturated carbocycles. The lowest BCUT2D eigenvalue weighted by Crippen LogP contribution is -2.57. The van der Waals surface area contributed by atoms with Gasteiger partial charge in [-0.05, 0) is 103 Å². The minimum atomic E-state index is -0.632. The number of amides is 2. The van der Waals surface area contributed by atoms with Gasteiger partial charge in [-0.25, -0.2) is 0 Å². The lowest BCUT2D eigenvalue weighted by Gasteiger charge is -2.36. The average molecular weight is 686 g/mol. The van der Waals surface area contributed by atoms with E-state index in [1.165, 1.54) is 23.0 Å². The third kappa shape index (κ3) is 6.43. The van der Waals surface area contributed by atoms with Crippen molar-refractivity contribution in [2.24, 2.45) is 0 Å². The van der Waals surface area contributed by atoms with E-state index in [0.717, 1.165) is 16.7 Å². The minimum Gasteiger partial charge on any atom is -0.493 e. The fourth-order valence-corrected chi connectivity index (χ4v) is 5.62. The largest absolute Gasteiger partial charge is 0.493 e. The van der Waals surface area contributed by atoms with Crippen molar-refractivity contribution < 1.29 is 19.1 Å². The summed E-state index contributed by atoms with van der Waals surface area (Å²) in [7, 11) is 1.47. The maximum Gasteiger partial charge on any atom is 0.270 e. The number of carbonyl (C=O) groups is 2. The normalized spacial score (nSPS) is 13.4. The van der Waals surface area contributed by atoms with E-state index < -0.39 is 11.8 Å². The standard InChI is InChI=1S/C33H24Cl4N2O4S/c1-18-4-10-23(15-26(18)35)38-31(40)25(32(41)39(33(38)44)24-11-5-19(2)27(36)16-24)12-21-13-28(37)30(29(14-21)42-3)43-17-20-6-8-22(34)9-7-20/h4-16H,17H2,1-3H3. The molecule has 0 radical (unpaired) electrons. The molecule has 5 rings (SSSR count). The fraction of sp³-hybridized carbons (Fsp3) is 0.121. The van der Waals surface area contributed by atoms with Crippen LogP contribution in [-0.2, 0) is 16.2 Å². The van der Waals surface area contributed by atoms with Crippen LogP contribution in [0, 0.1) is 13.8 Å². The molecule has 0 bridgehead atoms. The van der Waals surface area contributed by atoms with Crippen LogP contribution in [0.1, 0.15) is 22.3 Å². The molecule has 0 spiro atoms. The Bertz CT molecular complexity index is 1770. The molecular weight excluding hydrogens is 662 g/mol. The summed E-state index contributed by atoms with van der Waals surface area (Å²) in [6, 6.07) is 20.6. The zero-order valence-corrected chi connectivity index (χ0v) is 27.5. The van der Waals surface area contributed by atoms with Gasteiger partial charge in [-0.15, -0.1) is 0 Å². The van der Waals surface area contributed by atoms with Gasteiger partial charge in [0, 0.05) is 15.1 Å². The smallest absolute Gasteiger partial charge is 0.270 e. The molecule has 11 heteroatoms. The van der Waals surface area contributed by atoms with Crippen molar-refractivity contribution in [3.63, 3.8) is 0 Å². The van der Waals surface area contributed by atoms with Crippen molar-refractivity contribution in [3.8, 4) is 11.5 Å². The number of carbonyl (C=O) groups excluding carboxylic acids is 2. The Morgan fingerprint density at radius 3 is 1.80 bits per heavy atom. The summed E-state index contributed by atoms with van der Waals surface area (Å²) in [4.78, 5) is 30.5. The Hall–Kier alpha value is -3.59. The predicted octanol–water partition coefficient (Wildman–Crippen LogP) is 9.25. The number of hydrogen-bond acceptors (Lipinski definition) is 5. The summed E-state index contributed by atoms with van der Waals surface area (Å²) >= 11 is 31.2. The molecule has 1 heterocycles. The number of aryl methyl sites for hydroxylation is 2. The number of hydrogen-bond donors (Lipinski definition) is 0. The SMILES string of the molecule is COc1cc(C=C2C(=O)N(c3ccc(C)c(Cl)c3)C(=S)N(c3ccc(C)c(Cl)c3)C2=O)cc(Cl)c1OCc1ccc(Cl)cc1. The van der Waals surface area contributed by atoms with Crippen molar-refractivity contribution in [1.29, 1.82) is 0 Å². The summed E-state index contributed by atoms with van der Waals surface area (Å²) in [6.45, 7) is 3.90. The maximum atomic E-state index is 14.0. The first-order valence-corrected chi connectivity index (χ1v) is 15.1. The molecule has 4 aromatic carbocycles. The number of thiocarbonyl (C=S) groups is 1. The molecule has 0 atom stereocenters. The first-order chi connectivity index (χ1) is 21.0. The van der Waals surface area contributed by atoms with E-state index in [-0.39, 0.29) is 22.3 Å². The van der Waals surface area contributed by atoms with Gasteiger partial charge in [-0.2, -0.15) is 0 Å². The second-order valence-electron chi connectivity index (χ2n) is 9.94. The highest BCUT2D eigenvalue weighted by Crippen LogP contribution is 2.39. The number of methoxy groups -OCH3 is 1. The van der Waals surface area contributed by atoms with Crippen LogP contribution < -0.4 is 19.3 Å². The maximum absolute atomic E-state index is 14.0. The minimum absolute atomic E-state index is 0.0430.